The summed E-state index contributed by atoms with van der Waals surface area (Å²) in [6.07, 6.45) is 1.57. The molecule has 1 fully saturated rings. The molecule has 0 aliphatic carbocycles. The van der Waals surface area contributed by atoms with Gasteiger partial charge in [0, 0.05) is 24.2 Å². The standard InChI is InChI=1S/C12H14N2O3S/c13-8-1-2-11-10(7-8)14-12(17-11)18(15)9-3-5-16-6-4-9/h1-2,7,9H,3-6,13H2. The zero-order chi connectivity index (χ0) is 12.5. The summed E-state index contributed by atoms with van der Waals surface area (Å²) in [6, 6.07) is 5.22. The Morgan fingerprint density at radius 3 is 2.89 bits per heavy atom. The minimum atomic E-state index is -1.21. The number of benzene rings is 1. The third-order valence-corrected chi connectivity index (χ3v) is 4.63. The molecule has 1 aliphatic rings. The van der Waals surface area contributed by atoms with Gasteiger partial charge in [0.2, 0.25) is 0 Å². The monoisotopic (exact) mass is 266 g/mol. The van der Waals surface area contributed by atoms with E-state index >= 15 is 0 Å². The van der Waals surface area contributed by atoms with Crippen LogP contribution < -0.4 is 5.73 Å². The minimum absolute atomic E-state index is 0.0733. The molecule has 2 aromatic rings. The predicted molar refractivity (Wildman–Crippen MR) is 68.7 cm³/mol. The molecule has 1 aromatic heterocycles. The summed E-state index contributed by atoms with van der Waals surface area (Å²) in [5.74, 6) is 0. The number of ether oxygens (including phenoxy) is 1. The third kappa shape index (κ3) is 2.13. The van der Waals surface area contributed by atoms with Gasteiger partial charge in [-0.25, -0.2) is 9.19 Å². The van der Waals surface area contributed by atoms with Gasteiger partial charge < -0.3 is 14.9 Å². The van der Waals surface area contributed by atoms with Crippen LogP contribution in [0.5, 0.6) is 0 Å². The van der Waals surface area contributed by atoms with E-state index in [1.165, 1.54) is 0 Å². The Labute approximate surface area is 107 Å². The van der Waals surface area contributed by atoms with E-state index in [0.29, 0.717) is 35.2 Å². The summed E-state index contributed by atoms with van der Waals surface area (Å²) in [5, 5.41) is 0.367. The number of rotatable bonds is 2. The van der Waals surface area contributed by atoms with Crippen LogP contribution in [-0.2, 0) is 15.5 Å². The molecule has 5 nitrogen and oxygen atoms in total. The number of hydrogen-bond acceptors (Lipinski definition) is 5. The fourth-order valence-corrected chi connectivity index (χ4v) is 3.31. The zero-order valence-electron chi connectivity index (χ0n) is 9.80. The first-order valence-electron chi connectivity index (χ1n) is 5.88. The molecule has 0 amide bonds. The van der Waals surface area contributed by atoms with Crippen LogP contribution >= 0.6 is 0 Å². The van der Waals surface area contributed by atoms with Crippen LogP contribution in [0.15, 0.2) is 27.8 Å². The van der Waals surface area contributed by atoms with Crippen molar-refractivity contribution in [2.45, 2.75) is 23.3 Å². The predicted octanol–water partition coefficient (Wildman–Crippen LogP) is 1.70. The van der Waals surface area contributed by atoms with Gasteiger partial charge in [-0.3, -0.25) is 0 Å². The molecule has 1 unspecified atom stereocenters. The van der Waals surface area contributed by atoms with E-state index in [0.717, 1.165) is 12.8 Å². The van der Waals surface area contributed by atoms with E-state index in [2.05, 4.69) is 4.98 Å². The van der Waals surface area contributed by atoms with Gasteiger partial charge in [0.25, 0.3) is 5.22 Å². The molecule has 1 saturated heterocycles. The molecule has 0 radical (unpaired) electrons. The molecule has 1 aromatic carbocycles. The number of oxazole rings is 1. The van der Waals surface area contributed by atoms with Crippen molar-refractivity contribution in [1.29, 1.82) is 0 Å². The highest BCUT2D eigenvalue weighted by molar-refractivity contribution is 7.85. The highest BCUT2D eigenvalue weighted by Crippen LogP contribution is 2.24. The maximum absolute atomic E-state index is 12.3. The summed E-state index contributed by atoms with van der Waals surface area (Å²) < 4.78 is 23.1. The van der Waals surface area contributed by atoms with Gasteiger partial charge in [0.15, 0.2) is 5.58 Å². The van der Waals surface area contributed by atoms with Gasteiger partial charge in [-0.15, -0.1) is 0 Å². The highest BCUT2D eigenvalue weighted by Gasteiger charge is 2.25. The van der Waals surface area contributed by atoms with Crippen LogP contribution in [0.25, 0.3) is 11.1 Å². The number of fused-ring (bicyclic) bond motifs is 1. The Morgan fingerprint density at radius 2 is 2.11 bits per heavy atom. The number of anilines is 1. The summed E-state index contributed by atoms with van der Waals surface area (Å²) in [4.78, 5) is 4.26. The lowest BCUT2D eigenvalue weighted by atomic mass is 10.2. The Morgan fingerprint density at radius 1 is 1.33 bits per heavy atom. The lowest BCUT2D eigenvalue weighted by Gasteiger charge is -2.19. The maximum Gasteiger partial charge on any atom is 0.288 e. The van der Waals surface area contributed by atoms with Crippen LogP contribution in [0.2, 0.25) is 0 Å². The molecular weight excluding hydrogens is 252 g/mol. The Kier molecular flexibility index (Phi) is 3.05. The molecular formula is C12H14N2O3S. The van der Waals surface area contributed by atoms with Crippen molar-refractivity contribution in [2.75, 3.05) is 18.9 Å². The fourth-order valence-electron chi connectivity index (χ4n) is 2.04. The quantitative estimate of drug-likeness (QED) is 0.837. The Balaban J connectivity index is 1.91. The number of hydrogen-bond donors (Lipinski definition) is 1. The smallest absolute Gasteiger partial charge is 0.288 e. The average Bonchev–Trinajstić information content (AvgIpc) is 2.81. The second-order valence-electron chi connectivity index (χ2n) is 4.32. The molecule has 18 heavy (non-hydrogen) atoms. The summed E-state index contributed by atoms with van der Waals surface area (Å²) in [6.45, 7) is 1.31. The lowest BCUT2D eigenvalue weighted by molar-refractivity contribution is 0.0990. The molecule has 0 bridgehead atoms. The van der Waals surface area contributed by atoms with Crippen molar-refractivity contribution in [3.05, 3.63) is 18.2 Å². The van der Waals surface area contributed by atoms with Crippen molar-refractivity contribution in [3.8, 4) is 0 Å². The molecule has 1 atom stereocenters. The van der Waals surface area contributed by atoms with E-state index < -0.39 is 10.8 Å². The van der Waals surface area contributed by atoms with Crippen molar-refractivity contribution >= 4 is 27.6 Å². The van der Waals surface area contributed by atoms with Crippen molar-refractivity contribution in [3.63, 3.8) is 0 Å². The molecule has 96 valence electrons. The van der Waals surface area contributed by atoms with E-state index in [-0.39, 0.29) is 5.25 Å². The normalized spacial score (nSPS) is 19.1. The molecule has 0 saturated carbocycles. The summed E-state index contributed by atoms with van der Waals surface area (Å²) >= 11 is 0. The van der Waals surface area contributed by atoms with Gasteiger partial charge in [0.1, 0.15) is 16.3 Å². The van der Waals surface area contributed by atoms with Gasteiger partial charge in [0.05, 0.1) is 0 Å². The molecule has 1 aliphatic heterocycles. The number of aromatic nitrogens is 1. The van der Waals surface area contributed by atoms with Gasteiger partial charge >= 0.3 is 0 Å². The number of nitrogens with two attached hydrogens (primary N) is 1. The molecule has 6 heteroatoms. The second kappa shape index (κ2) is 4.70. The van der Waals surface area contributed by atoms with Gasteiger partial charge in [-0.2, -0.15) is 0 Å². The van der Waals surface area contributed by atoms with Crippen LogP contribution in [-0.4, -0.2) is 27.7 Å². The first-order chi connectivity index (χ1) is 8.74. The van der Waals surface area contributed by atoms with Crippen LogP contribution in [0.1, 0.15) is 12.8 Å². The SMILES string of the molecule is Nc1ccc2oc(S(=O)C3CCOCC3)nc2c1. The number of nitrogens with zero attached hydrogens (tertiary/aromatic N) is 1. The van der Waals surface area contributed by atoms with E-state index in [1.54, 1.807) is 18.2 Å². The average molecular weight is 266 g/mol. The molecule has 3 rings (SSSR count). The van der Waals surface area contributed by atoms with Gasteiger partial charge in [-0.05, 0) is 31.0 Å². The fraction of sp³-hybridized carbons (Fsp3) is 0.417. The van der Waals surface area contributed by atoms with E-state index in [9.17, 15) is 4.21 Å². The first kappa shape index (κ1) is 11.7. The van der Waals surface area contributed by atoms with Crippen molar-refractivity contribution < 1.29 is 13.4 Å². The topological polar surface area (TPSA) is 78.3 Å². The first-order valence-corrected chi connectivity index (χ1v) is 7.10. The lowest BCUT2D eigenvalue weighted by Crippen LogP contribution is -2.25. The van der Waals surface area contributed by atoms with Crippen molar-refractivity contribution in [2.24, 2.45) is 0 Å². The zero-order valence-corrected chi connectivity index (χ0v) is 10.6. The van der Waals surface area contributed by atoms with Crippen molar-refractivity contribution in [1.82, 2.24) is 4.98 Å². The molecule has 2 N–H and O–H groups in total. The van der Waals surface area contributed by atoms with Crippen LogP contribution in [0.4, 0.5) is 5.69 Å². The van der Waals surface area contributed by atoms with Crippen LogP contribution in [0, 0.1) is 0 Å². The number of nitrogen functional groups attached to an aromatic ring is 1. The van der Waals surface area contributed by atoms with E-state index in [1.807, 2.05) is 0 Å². The largest absolute Gasteiger partial charge is 0.430 e. The van der Waals surface area contributed by atoms with Gasteiger partial charge in [-0.1, -0.05) is 0 Å². The molecule has 0 spiro atoms. The molecule has 2 heterocycles. The Hall–Kier alpha value is -1.40. The van der Waals surface area contributed by atoms with E-state index in [4.69, 9.17) is 14.9 Å². The third-order valence-electron chi connectivity index (χ3n) is 3.04. The van der Waals surface area contributed by atoms with Crippen LogP contribution in [0.3, 0.4) is 0 Å². The minimum Gasteiger partial charge on any atom is -0.430 e. The highest BCUT2D eigenvalue weighted by atomic mass is 32.2. The maximum atomic E-state index is 12.3. The summed E-state index contributed by atoms with van der Waals surface area (Å²) in [5.41, 5.74) is 7.58. The summed E-state index contributed by atoms with van der Waals surface area (Å²) in [7, 11) is -1.21. The Bertz CT molecular complexity index is 590. The second-order valence-corrected chi connectivity index (χ2v) is 5.93.